The van der Waals surface area contributed by atoms with E-state index in [2.05, 4.69) is 26.1 Å². The van der Waals surface area contributed by atoms with E-state index < -0.39 is 58.0 Å². The normalized spacial score (nSPS) is 19.5. The van der Waals surface area contributed by atoms with Crippen LogP contribution in [0.3, 0.4) is 0 Å². The number of nitrogens with zero attached hydrogens (tertiary/aromatic N) is 2. The molecule has 1 fully saturated rings. The van der Waals surface area contributed by atoms with Gasteiger partial charge in [0.25, 0.3) is 0 Å². The van der Waals surface area contributed by atoms with Crippen LogP contribution < -0.4 is 15.1 Å². The molecule has 6 rings (SSSR count). The van der Waals surface area contributed by atoms with E-state index in [1.807, 2.05) is 24.3 Å². The summed E-state index contributed by atoms with van der Waals surface area (Å²) in [6, 6.07) is 16.2. The summed E-state index contributed by atoms with van der Waals surface area (Å²) in [6.45, 7) is 5.75. The molecule has 3 aromatic carbocycles. The van der Waals surface area contributed by atoms with E-state index >= 15 is 0 Å². The van der Waals surface area contributed by atoms with Gasteiger partial charge < -0.3 is 5.32 Å². The van der Waals surface area contributed by atoms with Crippen molar-refractivity contribution >= 4 is 75.4 Å². The summed E-state index contributed by atoms with van der Waals surface area (Å²) in [5.74, 6) is -3.68. The van der Waals surface area contributed by atoms with Gasteiger partial charge in [-0.3, -0.25) is 23.7 Å². The third kappa shape index (κ3) is 6.24. The quantitative estimate of drug-likeness (QED) is 0.212. The molecule has 3 heterocycles. The van der Waals surface area contributed by atoms with E-state index in [1.165, 1.54) is 22.8 Å². The first-order valence-corrected chi connectivity index (χ1v) is 16.8. The number of hydrogen-bond acceptors (Lipinski definition) is 6. The number of aromatic nitrogens is 1. The second-order valence-corrected chi connectivity index (χ2v) is 15.2. The molecule has 2 aliphatic heterocycles. The van der Waals surface area contributed by atoms with Gasteiger partial charge in [0, 0.05) is 16.5 Å². The SMILES string of the molecule is CC(C)(C)c1ccc(C2c3sc(=O)n(CC(=O)Nc4ccc(Cl)c(Cl)c4)c3SC3C(=O)N(c4cccc(C(F)(F)F)c4)C(=O)C32)cc1. The Labute approximate surface area is 285 Å². The van der Waals surface area contributed by atoms with Crippen LogP contribution in [-0.2, 0) is 32.5 Å². The van der Waals surface area contributed by atoms with Crippen molar-refractivity contribution in [3.05, 3.63) is 108 Å². The van der Waals surface area contributed by atoms with Crippen LogP contribution in [-0.4, -0.2) is 27.5 Å². The Hall–Kier alpha value is -3.58. The molecule has 0 bridgehead atoms. The predicted molar refractivity (Wildman–Crippen MR) is 178 cm³/mol. The van der Waals surface area contributed by atoms with E-state index in [0.29, 0.717) is 26.2 Å². The number of hydrogen-bond donors (Lipinski definition) is 1. The van der Waals surface area contributed by atoms with Crippen LogP contribution in [0, 0.1) is 5.92 Å². The van der Waals surface area contributed by atoms with Crippen LogP contribution in [0.25, 0.3) is 0 Å². The first-order chi connectivity index (χ1) is 22.0. The number of rotatable bonds is 5. The Morgan fingerprint density at radius 3 is 2.23 bits per heavy atom. The van der Waals surface area contributed by atoms with Gasteiger partial charge >= 0.3 is 11.0 Å². The predicted octanol–water partition coefficient (Wildman–Crippen LogP) is 7.97. The summed E-state index contributed by atoms with van der Waals surface area (Å²) in [7, 11) is 0. The number of imide groups is 1. The van der Waals surface area contributed by atoms with Gasteiger partial charge in [0.2, 0.25) is 17.7 Å². The first kappa shape index (κ1) is 33.3. The molecule has 0 saturated carbocycles. The number of carbonyl (C=O) groups is 3. The van der Waals surface area contributed by atoms with Gasteiger partial charge in [-0.2, -0.15) is 13.2 Å². The van der Waals surface area contributed by atoms with Gasteiger partial charge in [0.15, 0.2) is 0 Å². The maximum atomic E-state index is 14.1. The van der Waals surface area contributed by atoms with Crippen molar-refractivity contribution in [2.75, 3.05) is 10.2 Å². The number of nitrogens with one attached hydrogen (secondary N) is 1. The van der Waals surface area contributed by atoms with Crippen molar-refractivity contribution in [2.45, 2.75) is 55.1 Å². The molecule has 0 radical (unpaired) electrons. The Morgan fingerprint density at radius 1 is 0.894 bits per heavy atom. The summed E-state index contributed by atoms with van der Waals surface area (Å²) >= 11 is 13.9. The molecule has 244 valence electrons. The van der Waals surface area contributed by atoms with Crippen LogP contribution in [0.5, 0.6) is 0 Å². The van der Waals surface area contributed by atoms with E-state index in [4.69, 9.17) is 23.2 Å². The fraction of sp³-hybridized carbons (Fsp3) is 0.273. The molecule has 2 aliphatic rings. The molecule has 0 spiro atoms. The van der Waals surface area contributed by atoms with Crippen LogP contribution in [0.4, 0.5) is 24.5 Å². The largest absolute Gasteiger partial charge is 0.416 e. The zero-order valence-corrected chi connectivity index (χ0v) is 28.2. The van der Waals surface area contributed by atoms with Crippen LogP contribution in [0.1, 0.15) is 48.3 Å². The number of amides is 3. The maximum Gasteiger partial charge on any atom is 0.416 e. The maximum absolute atomic E-state index is 14.1. The number of halogens is 5. The summed E-state index contributed by atoms with van der Waals surface area (Å²) in [5.41, 5.74) is 0.688. The average molecular weight is 721 g/mol. The van der Waals surface area contributed by atoms with Crippen molar-refractivity contribution in [1.29, 1.82) is 0 Å². The molecule has 7 nitrogen and oxygen atoms in total. The number of thioether (sulfide) groups is 1. The third-order valence-electron chi connectivity index (χ3n) is 8.12. The molecule has 3 amide bonds. The molecule has 3 atom stereocenters. The number of fused-ring (bicyclic) bond motifs is 2. The number of thiazole rings is 1. The lowest BCUT2D eigenvalue weighted by molar-refractivity contribution is -0.137. The molecule has 47 heavy (non-hydrogen) atoms. The molecule has 1 saturated heterocycles. The van der Waals surface area contributed by atoms with Crippen molar-refractivity contribution in [3.8, 4) is 0 Å². The Kier molecular flexibility index (Phi) is 8.61. The van der Waals surface area contributed by atoms with Gasteiger partial charge in [-0.1, -0.05) is 97.4 Å². The molecule has 4 aromatic rings. The third-order valence-corrected chi connectivity index (χ3v) is 11.5. The van der Waals surface area contributed by atoms with Crippen molar-refractivity contribution in [1.82, 2.24) is 4.57 Å². The average Bonchev–Trinajstić information content (AvgIpc) is 3.44. The highest BCUT2D eigenvalue weighted by Crippen LogP contribution is 2.54. The molecular weight excluding hydrogens is 694 g/mol. The van der Waals surface area contributed by atoms with Crippen molar-refractivity contribution in [3.63, 3.8) is 0 Å². The highest BCUT2D eigenvalue weighted by molar-refractivity contribution is 8.00. The van der Waals surface area contributed by atoms with Gasteiger partial charge in [-0.15, -0.1) is 0 Å². The zero-order chi connectivity index (χ0) is 34.0. The van der Waals surface area contributed by atoms with Gasteiger partial charge in [0.1, 0.15) is 11.8 Å². The van der Waals surface area contributed by atoms with Gasteiger partial charge in [-0.25, -0.2) is 4.90 Å². The smallest absolute Gasteiger partial charge is 0.324 e. The highest BCUT2D eigenvalue weighted by atomic mass is 35.5. The van der Waals surface area contributed by atoms with Gasteiger partial charge in [0.05, 0.1) is 32.2 Å². The topological polar surface area (TPSA) is 88.5 Å². The Balaban J connectivity index is 1.42. The summed E-state index contributed by atoms with van der Waals surface area (Å²) in [6.07, 6.45) is -4.68. The van der Waals surface area contributed by atoms with E-state index in [0.717, 1.165) is 51.8 Å². The van der Waals surface area contributed by atoms with E-state index in [-0.39, 0.29) is 16.1 Å². The summed E-state index contributed by atoms with van der Waals surface area (Å²) in [4.78, 5) is 55.4. The fourth-order valence-corrected chi connectivity index (χ4v) is 8.87. The van der Waals surface area contributed by atoms with E-state index in [1.54, 1.807) is 6.07 Å². The minimum atomic E-state index is -4.68. The second-order valence-electron chi connectivity index (χ2n) is 12.3. The van der Waals surface area contributed by atoms with Crippen LogP contribution in [0.15, 0.2) is 76.6 Å². The molecule has 0 aliphatic carbocycles. The summed E-state index contributed by atoms with van der Waals surface area (Å²) in [5, 5.41) is 2.50. The lowest BCUT2D eigenvalue weighted by atomic mass is 9.81. The molecule has 1 aromatic heterocycles. The molecule has 3 unspecified atom stereocenters. The number of anilines is 2. The minimum absolute atomic E-state index is 0.177. The minimum Gasteiger partial charge on any atom is -0.324 e. The Morgan fingerprint density at radius 2 is 1.60 bits per heavy atom. The number of alkyl halides is 3. The lowest BCUT2D eigenvalue weighted by Gasteiger charge is -2.31. The van der Waals surface area contributed by atoms with Gasteiger partial charge in [-0.05, 0) is 52.9 Å². The lowest BCUT2D eigenvalue weighted by Crippen LogP contribution is -2.33. The number of carbonyl (C=O) groups excluding carboxylic acids is 3. The van der Waals surface area contributed by atoms with Crippen LogP contribution >= 0.6 is 46.3 Å². The standard InChI is InChI=1S/C33H26Cl2F3N3O4S2/c1-32(2,3)17-9-7-16(8-10-17)24-25-26(29(44)41(28(25)43)20-6-4-5-18(13-20)33(36,37)38)46-30-27(24)47-31(45)40(30)15-23(42)39-19-11-12-21(34)22(35)14-19/h4-14,24-26H,15H2,1-3H3,(H,39,42). The van der Waals surface area contributed by atoms with Crippen LogP contribution in [0.2, 0.25) is 10.0 Å². The summed E-state index contributed by atoms with van der Waals surface area (Å²) < 4.78 is 42.0. The monoisotopic (exact) mass is 719 g/mol. The molecular formula is C33H26Cl2F3N3O4S2. The van der Waals surface area contributed by atoms with E-state index in [9.17, 15) is 32.3 Å². The second kappa shape index (κ2) is 12.1. The molecule has 14 heteroatoms. The number of benzene rings is 3. The highest BCUT2D eigenvalue weighted by Gasteiger charge is 2.57. The van der Waals surface area contributed by atoms with Crippen molar-refractivity contribution in [2.24, 2.45) is 5.92 Å². The zero-order valence-electron chi connectivity index (χ0n) is 25.0. The Bertz CT molecular complexity index is 1990. The first-order valence-electron chi connectivity index (χ1n) is 14.3. The van der Waals surface area contributed by atoms with Crippen molar-refractivity contribution < 1.29 is 27.6 Å². The molecule has 1 N–H and O–H groups in total. The fourth-order valence-electron chi connectivity index (χ4n) is 5.80.